The number of amides is 1. The molecule has 6 heteroatoms. The summed E-state index contributed by atoms with van der Waals surface area (Å²) in [6.07, 6.45) is 3.52. The van der Waals surface area contributed by atoms with Gasteiger partial charge in [0.2, 0.25) is 5.88 Å². The number of carboxylic acid groups (broad SMARTS) is 1. The molecule has 1 atom stereocenters. The van der Waals surface area contributed by atoms with Gasteiger partial charge in [-0.05, 0) is 32.3 Å². The number of aromatic nitrogens is 1. The fourth-order valence-corrected chi connectivity index (χ4v) is 2.45. The van der Waals surface area contributed by atoms with Crippen molar-refractivity contribution in [2.45, 2.75) is 31.7 Å². The number of hydrogen-bond donors (Lipinski definition) is 1. The molecule has 1 saturated heterocycles. The molecular weight excluding hydrogens is 260 g/mol. The van der Waals surface area contributed by atoms with Crippen LogP contribution in [0.4, 0.5) is 0 Å². The van der Waals surface area contributed by atoms with Crippen LogP contribution in [0, 0.1) is 0 Å². The molecule has 0 saturated carbocycles. The number of piperidine rings is 1. The van der Waals surface area contributed by atoms with E-state index in [1.54, 1.807) is 19.1 Å². The molecule has 1 aliphatic rings. The maximum absolute atomic E-state index is 12.5. The van der Waals surface area contributed by atoms with Gasteiger partial charge in [-0.2, -0.15) is 0 Å². The number of methoxy groups -OCH3 is 1. The van der Waals surface area contributed by atoms with E-state index in [0.717, 1.165) is 12.8 Å². The quantitative estimate of drug-likeness (QED) is 0.907. The maximum atomic E-state index is 12.5. The molecule has 6 nitrogen and oxygen atoms in total. The van der Waals surface area contributed by atoms with Crippen molar-refractivity contribution in [3.05, 3.63) is 23.9 Å². The lowest BCUT2D eigenvalue weighted by Gasteiger charge is -2.41. The van der Waals surface area contributed by atoms with Gasteiger partial charge in [-0.3, -0.25) is 4.79 Å². The minimum absolute atomic E-state index is 0.301. The van der Waals surface area contributed by atoms with E-state index in [4.69, 9.17) is 4.74 Å². The molecule has 1 aliphatic heterocycles. The molecule has 1 amide bonds. The Kier molecular flexibility index (Phi) is 3.92. The van der Waals surface area contributed by atoms with E-state index in [1.807, 2.05) is 0 Å². The Labute approximate surface area is 117 Å². The number of hydrogen-bond acceptors (Lipinski definition) is 4. The van der Waals surface area contributed by atoms with Crippen LogP contribution in [-0.2, 0) is 4.79 Å². The minimum atomic E-state index is -1.14. The SMILES string of the molecule is COc1ccc(C(=O)N2CCCCC2(C)C(=O)O)cn1. The molecule has 2 heterocycles. The first-order chi connectivity index (χ1) is 9.49. The summed E-state index contributed by atoms with van der Waals surface area (Å²) in [6.45, 7) is 2.05. The first kappa shape index (κ1) is 14.3. The number of ether oxygens (including phenoxy) is 1. The molecule has 2 rings (SSSR count). The van der Waals surface area contributed by atoms with Crippen LogP contribution in [0.2, 0.25) is 0 Å². The number of pyridine rings is 1. The third-order valence-corrected chi connectivity index (χ3v) is 3.79. The molecule has 1 unspecified atom stereocenters. The summed E-state index contributed by atoms with van der Waals surface area (Å²) in [4.78, 5) is 29.4. The van der Waals surface area contributed by atoms with Gasteiger partial charge in [-0.15, -0.1) is 0 Å². The summed E-state index contributed by atoms with van der Waals surface area (Å²) < 4.78 is 4.94. The third kappa shape index (κ3) is 2.45. The normalized spacial score (nSPS) is 22.4. The summed E-state index contributed by atoms with van der Waals surface area (Å²) in [5, 5.41) is 9.42. The molecule has 1 aromatic rings. The van der Waals surface area contributed by atoms with Crippen molar-refractivity contribution < 1.29 is 19.4 Å². The Bertz CT molecular complexity index is 514. The van der Waals surface area contributed by atoms with Crippen LogP contribution < -0.4 is 4.74 Å². The molecule has 1 fully saturated rings. The van der Waals surface area contributed by atoms with Crippen LogP contribution in [-0.4, -0.2) is 46.1 Å². The number of aliphatic carboxylic acids is 1. The van der Waals surface area contributed by atoms with Gasteiger partial charge in [0, 0.05) is 18.8 Å². The summed E-state index contributed by atoms with van der Waals surface area (Å²) in [6, 6.07) is 3.19. The molecule has 108 valence electrons. The first-order valence-corrected chi connectivity index (χ1v) is 6.54. The van der Waals surface area contributed by atoms with Gasteiger partial charge in [-0.25, -0.2) is 9.78 Å². The minimum Gasteiger partial charge on any atom is -0.481 e. The predicted octanol–water partition coefficient (Wildman–Crippen LogP) is 1.56. The molecule has 0 aromatic carbocycles. The second-order valence-corrected chi connectivity index (χ2v) is 5.08. The number of carbonyl (C=O) groups excluding carboxylic acids is 1. The van der Waals surface area contributed by atoms with E-state index in [2.05, 4.69) is 4.98 Å². The molecule has 1 aromatic heterocycles. The third-order valence-electron chi connectivity index (χ3n) is 3.79. The van der Waals surface area contributed by atoms with Crippen LogP contribution in [0.15, 0.2) is 18.3 Å². The van der Waals surface area contributed by atoms with Gasteiger partial charge in [0.15, 0.2) is 0 Å². The zero-order valence-electron chi connectivity index (χ0n) is 11.6. The number of carbonyl (C=O) groups is 2. The molecule has 0 radical (unpaired) electrons. The Balaban J connectivity index is 2.27. The highest BCUT2D eigenvalue weighted by molar-refractivity contribution is 5.97. The summed E-state index contributed by atoms with van der Waals surface area (Å²) >= 11 is 0. The van der Waals surface area contributed by atoms with Crippen LogP contribution >= 0.6 is 0 Å². The Morgan fingerprint density at radius 3 is 2.70 bits per heavy atom. The topological polar surface area (TPSA) is 79.7 Å². The molecule has 0 spiro atoms. The van der Waals surface area contributed by atoms with Gasteiger partial charge in [-0.1, -0.05) is 0 Å². The predicted molar refractivity (Wildman–Crippen MR) is 71.7 cm³/mol. The number of rotatable bonds is 3. The lowest BCUT2D eigenvalue weighted by atomic mass is 9.88. The van der Waals surface area contributed by atoms with Crippen molar-refractivity contribution in [3.8, 4) is 5.88 Å². The second kappa shape index (κ2) is 5.48. The zero-order chi connectivity index (χ0) is 14.8. The van der Waals surface area contributed by atoms with Gasteiger partial charge in [0.25, 0.3) is 5.91 Å². The summed E-state index contributed by atoms with van der Waals surface area (Å²) in [5.74, 6) is -0.849. The molecule has 0 bridgehead atoms. The van der Waals surface area contributed by atoms with E-state index >= 15 is 0 Å². The lowest BCUT2D eigenvalue weighted by molar-refractivity contribution is -0.150. The van der Waals surface area contributed by atoms with Gasteiger partial charge in [0.1, 0.15) is 5.54 Å². The monoisotopic (exact) mass is 278 g/mol. The van der Waals surface area contributed by atoms with Crippen LogP contribution in [0.5, 0.6) is 5.88 Å². The van der Waals surface area contributed by atoms with Crippen molar-refractivity contribution in [2.75, 3.05) is 13.7 Å². The first-order valence-electron chi connectivity index (χ1n) is 6.54. The van der Waals surface area contributed by atoms with E-state index in [0.29, 0.717) is 24.4 Å². The number of nitrogens with zero attached hydrogens (tertiary/aromatic N) is 2. The van der Waals surface area contributed by atoms with Gasteiger partial charge in [0.05, 0.1) is 12.7 Å². The van der Waals surface area contributed by atoms with E-state index in [1.165, 1.54) is 18.2 Å². The van der Waals surface area contributed by atoms with Crippen molar-refractivity contribution in [1.82, 2.24) is 9.88 Å². The van der Waals surface area contributed by atoms with Crippen LogP contribution in [0.25, 0.3) is 0 Å². The molecular formula is C14H18N2O4. The van der Waals surface area contributed by atoms with Crippen molar-refractivity contribution in [3.63, 3.8) is 0 Å². The smallest absolute Gasteiger partial charge is 0.329 e. The standard InChI is InChI=1S/C14H18N2O4/c1-14(13(18)19)7-3-4-8-16(14)12(17)10-5-6-11(20-2)15-9-10/h5-6,9H,3-4,7-8H2,1-2H3,(H,18,19). The largest absolute Gasteiger partial charge is 0.481 e. The number of likely N-dealkylation sites (tertiary alicyclic amines) is 1. The van der Waals surface area contributed by atoms with Crippen molar-refractivity contribution in [1.29, 1.82) is 0 Å². The van der Waals surface area contributed by atoms with E-state index < -0.39 is 11.5 Å². The Morgan fingerprint density at radius 1 is 1.40 bits per heavy atom. The van der Waals surface area contributed by atoms with E-state index in [-0.39, 0.29) is 5.91 Å². The highest BCUT2D eigenvalue weighted by Crippen LogP contribution is 2.29. The summed E-state index contributed by atoms with van der Waals surface area (Å²) in [5.41, 5.74) is -0.768. The van der Waals surface area contributed by atoms with Crippen LogP contribution in [0.3, 0.4) is 0 Å². The number of carboxylic acids is 1. The highest BCUT2D eigenvalue weighted by Gasteiger charge is 2.44. The van der Waals surface area contributed by atoms with Gasteiger partial charge < -0.3 is 14.7 Å². The Hall–Kier alpha value is -2.11. The fraction of sp³-hybridized carbons (Fsp3) is 0.500. The fourth-order valence-electron chi connectivity index (χ4n) is 2.45. The highest BCUT2D eigenvalue weighted by atomic mass is 16.5. The van der Waals surface area contributed by atoms with Crippen LogP contribution in [0.1, 0.15) is 36.5 Å². The average molecular weight is 278 g/mol. The van der Waals surface area contributed by atoms with Crippen molar-refractivity contribution in [2.24, 2.45) is 0 Å². The molecule has 20 heavy (non-hydrogen) atoms. The van der Waals surface area contributed by atoms with E-state index in [9.17, 15) is 14.7 Å². The van der Waals surface area contributed by atoms with Crippen molar-refractivity contribution >= 4 is 11.9 Å². The maximum Gasteiger partial charge on any atom is 0.329 e. The molecule has 1 N–H and O–H groups in total. The second-order valence-electron chi connectivity index (χ2n) is 5.08. The Morgan fingerprint density at radius 2 is 2.15 bits per heavy atom. The zero-order valence-corrected chi connectivity index (χ0v) is 11.6. The van der Waals surface area contributed by atoms with Gasteiger partial charge >= 0.3 is 5.97 Å². The summed E-state index contributed by atoms with van der Waals surface area (Å²) in [7, 11) is 1.50. The molecule has 0 aliphatic carbocycles. The average Bonchev–Trinajstić information content (AvgIpc) is 2.47. The lowest BCUT2D eigenvalue weighted by Crippen LogP contribution is -2.57.